The number of carbonyl (C=O) groups is 1. The topological polar surface area (TPSA) is 102 Å². The normalized spacial score (nSPS) is 22.9. The molecular formula is C36H39ClF3N5O3S. The maximum Gasteiger partial charge on any atom is 0.416 e. The minimum Gasteiger partial charge on any atom is -0.339 e. The quantitative estimate of drug-likeness (QED) is 0.220. The van der Waals surface area contributed by atoms with Crippen LogP contribution >= 0.6 is 11.6 Å². The van der Waals surface area contributed by atoms with E-state index in [1.165, 1.54) is 23.7 Å². The van der Waals surface area contributed by atoms with Gasteiger partial charge in [0, 0.05) is 36.8 Å². The Kier molecular flexibility index (Phi) is 8.82. The Morgan fingerprint density at radius 3 is 2.27 bits per heavy atom. The van der Waals surface area contributed by atoms with E-state index in [2.05, 4.69) is 34.6 Å². The van der Waals surface area contributed by atoms with Gasteiger partial charge in [0.05, 0.1) is 21.6 Å². The fraction of sp³-hybridized carbons (Fsp3) is 0.444. The first-order valence-corrected chi connectivity index (χ1v) is 18.6. The van der Waals surface area contributed by atoms with E-state index in [-0.39, 0.29) is 21.4 Å². The summed E-state index contributed by atoms with van der Waals surface area (Å²) in [7, 11) is -4.13. The van der Waals surface area contributed by atoms with E-state index >= 15 is 0 Å². The van der Waals surface area contributed by atoms with Crippen LogP contribution in [0.1, 0.15) is 78.3 Å². The van der Waals surface area contributed by atoms with E-state index in [1.54, 1.807) is 17.0 Å². The number of sulfonamides is 1. The third-order valence-corrected chi connectivity index (χ3v) is 12.6. The van der Waals surface area contributed by atoms with Crippen LogP contribution in [0.5, 0.6) is 0 Å². The Morgan fingerprint density at radius 2 is 1.63 bits per heavy atom. The number of fused-ring (bicyclic) bond motifs is 3. The molecule has 4 aromatic rings. The van der Waals surface area contributed by atoms with Gasteiger partial charge in [-0.25, -0.2) is 18.5 Å². The molecule has 3 aliphatic heterocycles. The van der Waals surface area contributed by atoms with Gasteiger partial charge in [0.2, 0.25) is 10.0 Å². The number of hydrogen-bond acceptors (Lipinski definition) is 5. The van der Waals surface area contributed by atoms with E-state index in [0.29, 0.717) is 44.1 Å². The molecule has 3 atom stereocenters. The molecule has 3 fully saturated rings. The molecule has 2 N–H and O–H groups in total. The van der Waals surface area contributed by atoms with Crippen molar-refractivity contribution in [3.05, 3.63) is 94.3 Å². The van der Waals surface area contributed by atoms with Crippen LogP contribution in [0.4, 0.5) is 13.2 Å². The fourth-order valence-electron chi connectivity index (χ4n) is 8.66. The number of alkyl halides is 3. The van der Waals surface area contributed by atoms with E-state index in [1.807, 2.05) is 6.07 Å². The minimum absolute atomic E-state index is 0.0643. The van der Waals surface area contributed by atoms with Gasteiger partial charge in [0.1, 0.15) is 10.7 Å². The summed E-state index contributed by atoms with van der Waals surface area (Å²) in [5.74, 6) is 0.686. The van der Waals surface area contributed by atoms with Gasteiger partial charge in [0.25, 0.3) is 5.91 Å². The van der Waals surface area contributed by atoms with Gasteiger partial charge < -0.3 is 9.47 Å². The number of benzene rings is 3. The van der Waals surface area contributed by atoms with E-state index in [4.69, 9.17) is 21.7 Å². The highest BCUT2D eigenvalue weighted by molar-refractivity contribution is 7.89. The molecule has 3 aromatic carbocycles. The predicted molar refractivity (Wildman–Crippen MR) is 182 cm³/mol. The van der Waals surface area contributed by atoms with Crippen molar-refractivity contribution in [1.82, 2.24) is 19.4 Å². The maximum absolute atomic E-state index is 13.5. The SMILES string of the molecule is Cc1nc2ccccc2n1[C@H]1C[C@H]2CC[C@@H](C1)N2CCC1(c2ccc(C(F)(F)F)cc2)CCN(C(=O)c2ccc(Cl)c(S(N)(=O)=O)c2)CC1. The summed E-state index contributed by atoms with van der Waals surface area (Å²) in [5.41, 5.74) is 2.07. The molecule has 13 heteroatoms. The van der Waals surface area contributed by atoms with Gasteiger partial charge in [0.15, 0.2) is 0 Å². The second kappa shape index (κ2) is 12.7. The lowest BCUT2D eigenvalue weighted by Gasteiger charge is -2.45. The standard InChI is InChI=1S/C36H39ClF3N5O3S/c1-23-42-31-4-2-3-5-32(31)45(23)29-21-27-11-12-28(22-29)44(27)19-16-35(25-7-9-26(10-8-25)36(38,39)40)14-17-43(18-15-35)34(46)24-6-13-30(37)33(20-24)49(41,47)48/h2-10,13,20,27-29H,11-12,14-19,21-22H2,1H3,(H2,41,47,48)/t27-,28+,29+. The van der Waals surface area contributed by atoms with Crippen LogP contribution < -0.4 is 5.14 Å². The molecule has 0 saturated carbocycles. The zero-order valence-electron chi connectivity index (χ0n) is 27.2. The number of para-hydroxylation sites is 2. The molecule has 0 spiro atoms. The first kappa shape index (κ1) is 34.0. The van der Waals surface area contributed by atoms with Gasteiger partial charge in [-0.1, -0.05) is 35.9 Å². The van der Waals surface area contributed by atoms with E-state index in [0.717, 1.165) is 67.7 Å². The third kappa shape index (κ3) is 6.48. The highest BCUT2D eigenvalue weighted by Gasteiger charge is 2.44. The average Bonchev–Trinajstić information content (AvgIpc) is 3.53. The maximum atomic E-state index is 13.5. The Morgan fingerprint density at radius 1 is 0.980 bits per heavy atom. The number of aryl methyl sites for hydroxylation is 1. The van der Waals surface area contributed by atoms with Crippen LogP contribution in [0.2, 0.25) is 5.02 Å². The first-order valence-electron chi connectivity index (χ1n) is 16.7. The van der Waals surface area contributed by atoms with Gasteiger partial charge in [-0.05, 0) is 112 Å². The number of halogens is 4. The molecule has 49 heavy (non-hydrogen) atoms. The van der Waals surface area contributed by atoms with Crippen LogP contribution in [-0.4, -0.2) is 65.4 Å². The molecule has 4 heterocycles. The molecule has 0 unspecified atom stereocenters. The summed E-state index contributed by atoms with van der Waals surface area (Å²) < 4.78 is 67.0. The van der Waals surface area contributed by atoms with Gasteiger partial charge in [-0.3, -0.25) is 9.69 Å². The first-order chi connectivity index (χ1) is 23.2. The fourth-order valence-corrected chi connectivity index (χ4v) is 9.73. The minimum atomic E-state index is -4.43. The molecule has 3 saturated heterocycles. The number of carbonyl (C=O) groups excluding carboxylic acids is 1. The molecule has 3 aliphatic rings. The van der Waals surface area contributed by atoms with Crippen molar-refractivity contribution >= 4 is 38.6 Å². The average molecular weight is 714 g/mol. The Balaban J connectivity index is 1.10. The predicted octanol–water partition coefficient (Wildman–Crippen LogP) is 7.10. The van der Waals surface area contributed by atoms with Gasteiger partial charge >= 0.3 is 6.18 Å². The molecule has 7 rings (SSSR count). The lowest BCUT2D eigenvalue weighted by atomic mass is 9.70. The van der Waals surface area contributed by atoms with Crippen molar-refractivity contribution < 1.29 is 26.4 Å². The third-order valence-electron chi connectivity index (χ3n) is 11.2. The van der Waals surface area contributed by atoms with Crippen molar-refractivity contribution in [2.24, 2.45) is 5.14 Å². The smallest absolute Gasteiger partial charge is 0.339 e. The van der Waals surface area contributed by atoms with Crippen LogP contribution in [0.25, 0.3) is 11.0 Å². The molecule has 1 aromatic heterocycles. The monoisotopic (exact) mass is 713 g/mol. The highest BCUT2D eigenvalue weighted by Crippen LogP contribution is 2.45. The number of amides is 1. The molecule has 0 aliphatic carbocycles. The van der Waals surface area contributed by atoms with Crippen molar-refractivity contribution in [2.45, 2.75) is 86.5 Å². The summed E-state index contributed by atoms with van der Waals surface area (Å²) in [6.45, 7) is 3.63. The van der Waals surface area contributed by atoms with Gasteiger partial charge in [-0.2, -0.15) is 13.2 Å². The van der Waals surface area contributed by atoms with Crippen molar-refractivity contribution in [3.63, 3.8) is 0 Å². The van der Waals surface area contributed by atoms with Crippen molar-refractivity contribution in [2.75, 3.05) is 19.6 Å². The van der Waals surface area contributed by atoms with E-state index in [9.17, 15) is 26.4 Å². The Labute approximate surface area is 289 Å². The number of piperidine rings is 2. The van der Waals surface area contributed by atoms with Crippen molar-refractivity contribution in [3.8, 4) is 0 Å². The van der Waals surface area contributed by atoms with Crippen molar-refractivity contribution in [1.29, 1.82) is 0 Å². The zero-order chi connectivity index (χ0) is 34.7. The van der Waals surface area contributed by atoms with Gasteiger partial charge in [-0.15, -0.1) is 0 Å². The number of imidazole rings is 1. The Hall–Kier alpha value is -3.45. The largest absolute Gasteiger partial charge is 0.416 e. The molecule has 8 nitrogen and oxygen atoms in total. The van der Waals surface area contributed by atoms with Crippen LogP contribution in [0, 0.1) is 6.92 Å². The summed E-state index contributed by atoms with van der Waals surface area (Å²) in [6.07, 6.45) is 1.72. The number of aromatic nitrogens is 2. The molecule has 260 valence electrons. The Bertz CT molecular complexity index is 1980. The van der Waals surface area contributed by atoms with Crippen LogP contribution in [-0.2, 0) is 21.6 Å². The summed E-state index contributed by atoms with van der Waals surface area (Å²) >= 11 is 6.04. The number of nitrogens with two attached hydrogens (primary N) is 1. The second-order valence-electron chi connectivity index (χ2n) is 13.9. The molecule has 1 amide bonds. The number of nitrogens with zero attached hydrogens (tertiary/aromatic N) is 4. The molecule has 0 radical (unpaired) electrons. The lowest BCUT2D eigenvalue weighted by molar-refractivity contribution is -0.137. The lowest BCUT2D eigenvalue weighted by Crippen LogP contribution is -2.49. The molecular weight excluding hydrogens is 675 g/mol. The second-order valence-corrected chi connectivity index (χ2v) is 15.8. The van der Waals surface area contributed by atoms with Crippen LogP contribution in [0.15, 0.2) is 71.6 Å². The number of primary sulfonamides is 1. The summed E-state index contributed by atoms with van der Waals surface area (Å²) in [5, 5.41) is 5.24. The summed E-state index contributed by atoms with van der Waals surface area (Å²) in [6, 6.07) is 19.0. The van der Waals surface area contributed by atoms with E-state index < -0.39 is 27.2 Å². The number of rotatable bonds is 7. The molecule has 2 bridgehead atoms. The highest BCUT2D eigenvalue weighted by atomic mass is 35.5. The van der Waals surface area contributed by atoms with Crippen LogP contribution in [0.3, 0.4) is 0 Å². The summed E-state index contributed by atoms with van der Waals surface area (Å²) in [4.78, 5) is 22.3. The number of likely N-dealkylation sites (tertiary alicyclic amines) is 1. The zero-order valence-corrected chi connectivity index (χ0v) is 28.7. The number of hydrogen-bond donors (Lipinski definition) is 1.